The molecular formula is C8H16N2O4S2. The first-order chi connectivity index (χ1) is 7.52. The Morgan fingerprint density at radius 1 is 0.938 bits per heavy atom. The van der Waals surface area contributed by atoms with Crippen molar-refractivity contribution in [2.75, 3.05) is 24.6 Å². The largest absolute Gasteiger partial charge is 0.480 e. The number of hydrogen-bond donors (Lipinski definition) is 6. The van der Waals surface area contributed by atoms with Crippen molar-refractivity contribution in [1.82, 2.24) is 10.6 Å². The summed E-state index contributed by atoms with van der Waals surface area (Å²) in [6, 6.07) is -1.44. The molecule has 0 rings (SSSR count). The van der Waals surface area contributed by atoms with E-state index in [1.54, 1.807) is 0 Å². The maximum atomic E-state index is 10.6. The van der Waals surface area contributed by atoms with Crippen molar-refractivity contribution in [3.05, 3.63) is 0 Å². The number of hydrogen-bond acceptors (Lipinski definition) is 6. The average Bonchev–Trinajstić information content (AvgIpc) is 2.22. The predicted molar refractivity (Wildman–Crippen MR) is 66.6 cm³/mol. The van der Waals surface area contributed by atoms with Crippen molar-refractivity contribution in [1.29, 1.82) is 0 Å². The lowest BCUT2D eigenvalue weighted by Crippen LogP contribution is -2.45. The summed E-state index contributed by atoms with van der Waals surface area (Å²) in [5.41, 5.74) is 0. The SMILES string of the molecule is O=C(O)[C@@H](CS)NCCN[C@H](CS)C(=O)O. The molecule has 94 valence electrons. The Bertz CT molecular complexity index is 216. The molecule has 4 N–H and O–H groups in total. The molecule has 2 atom stereocenters. The molecule has 6 nitrogen and oxygen atoms in total. The van der Waals surface area contributed by atoms with Crippen LogP contribution in [0.5, 0.6) is 0 Å². The Morgan fingerprint density at radius 3 is 1.44 bits per heavy atom. The summed E-state index contributed by atoms with van der Waals surface area (Å²) >= 11 is 7.76. The first-order valence-electron chi connectivity index (χ1n) is 4.67. The lowest BCUT2D eigenvalue weighted by molar-refractivity contribution is -0.140. The van der Waals surface area contributed by atoms with Crippen molar-refractivity contribution in [3.8, 4) is 0 Å². The van der Waals surface area contributed by atoms with Gasteiger partial charge in [-0.05, 0) is 0 Å². The highest BCUT2D eigenvalue weighted by molar-refractivity contribution is 7.80. The highest BCUT2D eigenvalue weighted by atomic mass is 32.1. The second-order valence-corrected chi connectivity index (χ2v) is 3.79. The van der Waals surface area contributed by atoms with E-state index >= 15 is 0 Å². The third-order valence-electron chi connectivity index (χ3n) is 1.87. The zero-order chi connectivity index (χ0) is 12.6. The van der Waals surface area contributed by atoms with Gasteiger partial charge in [0.15, 0.2) is 0 Å². The van der Waals surface area contributed by atoms with Crippen LogP contribution in [0.2, 0.25) is 0 Å². The van der Waals surface area contributed by atoms with Gasteiger partial charge < -0.3 is 20.8 Å². The third-order valence-corrected chi connectivity index (χ3v) is 2.60. The van der Waals surface area contributed by atoms with Crippen LogP contribution >= 0.6 is 25.3 Å². The molecule has 0 unspecified atom stereocenters. The van der Waals surface area contributed by atoms with Crippen LogP contribution in [-0.4, -0.2) is 58.8 Å². The number of thiol groups is 2. The molecule has 16 heavy (non-hydrogen) atoms. The Balaban J connectivity index is 3.73. The number of carboxylic acid groups (broad SMARTS) is 2. The van der Waals surface area contributed by atoms with Crippen LogP contribution in [0.1, 0.15) is 0 Å². The smallest absolute Gasteiger partial charge is 0.321 e. The van der Waals surface area contributed by atoms with Gasteiger partial charge in [-0.15, -0.1) is 0 Å². The Labute approximate surface area is 105 Å². The van der Waals surface area contributed by atoms with E-state index in [2.05, 4.69) is 35.9 Å². The Hall–Kier alpha value is -0.440. The van der Waals surface area contributed by atoms with E-state index in [-0.39, 0.29) is 11.5 Å². The molecule has 0 aliphatic heterocycles. The van der Waals surface area contributed by atoms with Crippen LogP contribution in [0.25, 0.3) is 0 Å². The first-order valence-corrected chi connectivity index (χ1v) is 5.93. The fourth-order valence-corrected chi connectivity index (χ4v) is 1.52. The number of nitrogens with one attached hydrogen (secondary N) is 2. The van der Waals surface area contributed by atoms with Gasteiger partial charge >= 0.3 is 11.9 Å². The molecule has 0 aliphatic rings. The van der Waals surface area contributed by atoms with E-state index in [9.17, 15) is 9.59 Å². The maximum Gasteiger partial charge on any atom is 0.321 e. The number of carbonyl (C=O) groups is 2. The van der Waals surface area contributed by atoms with Gasteiger partial charge in [-0.25, -0.2) is 0 Å². The fourth-order valence-electron chi connectivity index (χ4n) is 0.953. The van der Waals surface area contributed by atoms with Gasteiger partial charge in [0.2, 0.25) is 0 Å². The van der Waals surface area contributed by atoms with E-state index in [1.165, 1.54) is 0 Å². The molecule has 0 fully saturated rings. The second-order valence-electron chi connectivity index (χ2n) is 3.06. The molecule has 0 aromatic heterocycles. The van der Waals surface area contributed by atoms with Crippen molar-refractivity contribution in [2.45, 2.75) is 12.1 Å². The van der Waals surface area contributed by atoms with Gasteiger partial charge in [-0.2, -0.15) is 25.3 Å². The number of rotatable bonds is 9. The summed E-state index contributed by atoms with van der Waals surface area (Å²) in [6.07, 6.45) is 0. The van der Waals surface area contributed by atoms with E-state index in [1.807, 2.05) is 0 Å². The summed E-state index contributed by atoms with van der Waals surface area (Å²) in [6.45, 7) is 0.712. The lowest BCUT2D eigenvalue weighted by atomic mass is 10.3. The Kier molecular flexibility index (Phi) is 8.44. The summed E-state index contributed by atoms with van der Waals surface area (Å²) in [7, 11) is 0. The molecular weight excluding hydrogens is 252 g/mol. The minimum absolute atomic E-state index is 0.185. The van der Waals surface area contributed by atoms with Gasteiger partial charge in [0.25, 0.3) is 0 Å². The molecule has 0 radical (unpaired) electrons. The van der Waals surface area contributed by atoms with Crippen molar-refractivity contribution >= 4 is 37.2 Å². The van der Waals surface area contributed by atoms with Crippen LogP contribution in [0.4, 0.5) is 0 Å². The highest BCUT2D eigenvalue weighted by Crippen LogP contribution is 1.89. The first kappa shape index (κ1) is 15.6. The molecule has 0 aromatic rings. The minimum atomic E-state index is -0.973. The maximum absolute atomic E-state index is 10.6. The summed E-state index contributed by atoms with van der Waals surface area (Å²) < 4.78 is 0. The van der Waals surface area contributed by atoms with Crippen molar-refractivity contribution in [3.63, 3.8) is 0 Å². The third kappa shape index (κ3) is 6.21. The van der Waals surface area contributed by atoms with Gasteiger partial charge in [0, 0.05) is 24.6 Å². The second kappa shape index (κ2) is 8.68. The molecule has 0 amide bonds. The Morgan fingerprint density at radius 2 is 1.25 bits per heavy atom. The molecule has 0 spiro atoms. The summed E-state index contributed by atoms with van der Waals surface area (Å²) in [5.74, 6) is -1.58. The normalized spacial score (nSPS) is 14.4. The van der Waals surface area contributed by atoms with Crippen molar-refractivity contribution in [2.24, 2.45) is 0 Å². The van der Waals surface area contributed by atoms with Crippen LogP contribution in [0.3, 0.4) is 0 Å². The fraction of sp³-hybridized carbons (Fsp3) is 0.750. The predicted octanol–water partition coefficient (Wildman–Crippen LogP) is -1.07. The van der Waals surface area contributed by atoms with Gasteiger partial charge in [-0.1, -0.05) is 0 Å². The lowest BCUT2D eigenvalue weighted by Gasteiger charge is -2.14. The molecule has 0 saturated carbocycles. The van der Waals surface area contributed by atoms with Crippen LogP contribution in [0.15, 0.2) is 0 Å². The summed E-state index contributed by atoms with van der Waals surface area (Å²) in [5, 5.41) is 22.8. The molecule has 0 heterocycles. The number of aliphatic carboxylic acids is 2. The molecule has 0 bridgehead atoms. The van der Waals surface area contributed by atoms with E-state index in [0.717, 1.165) is 0 Å². The zero-order valence-electron chi connectivity index (χ0n) is 8.59. The number of carboxylic acids is 2. The zero-order valence-corrected chi connectivity index (χ0v) is 10.4. The molecule has 8 heteroatoms. The quantitative estimate of drug-likeness (QED) is 0.235. The standard InChI is InChI=1S/C8H16N2O4S2/c11-7(12)5(3-15)9-1-2-10-6(4-16)8(13)14/h5-6,9-10,15-16H,1-4H2,(H,11,12)(H,13,14)/t5-,6-/m1/s1. The summed E-state index contributed by atoms with van der Waals surface area (Å²) in [4.78, 5) is 21.2. The van der Waals surface area contributed by atoms with Gasteiger partial charge in [0.05, 0.1) is 0 Å². The van der Waals surface area contributed by atoms with Crippen molar-refractivity contribution < 1.29 is 19.8 Å². The van der Waals surface area contributed by atoms with Crippen LogP contribution < -0.4 is 10.6 Å². The highest BCUT2D eigenvalue weighted by Gasteiger charge is 2.16. The van der Waals surface area contributed by atoms with E-state index < -0.39 is 24.0 Å². The monoisotopic (exact) mass is 268 g/mol. The average molecular weight is 268 g/mol. The molecule has 0 aromatic carbocycles. The van der Waals surface area contributed by atoms with Gasteiger partial charge in [0.1, 0.15) is 12.1 Å². The van der Waals surface area contributed by atoms with Crippen LogP contribution in [0, 0.1) is 0 Å². The van der Waals surface area contributed by atoms with E-state index in [0.29, 0.717) is 13.1 Å². The van der Waals surface area contributed by atoms with Gasteiger partial charge in [-0.3, -0.25) is 9.59 Å². The minimum Gasteiger partial charge on any atom is -0.480 e. The molecule has 0 saturated heterocycles. The molecule has 0 aliphatic carbocycles. The topological polar surface area (TPSA) is 98.7 Å². The van der Waals surface area contributed by atoms with Crippen LogP contribution in [-0.2, 0) is 9.59 Å². The van der Waals surface area contributed by atoms with E-state index in [4.69, 9.17) is 10.2 Å².